The maximum atomic E-state index is 11.6. The first kappa shape index (κ1) is 9.16. The number of fused-ring (bicyclic) bond motifs is 1. The minimum Gasteiger partial charge on any atom is -0.294 e. The van der Waals surface area contributed by atoms with Crippen molar-refractivity contribution in [2.45, 2.75) is 16.2 Å². The minimum atomic E-state index is 0.304. The Balaban J connectivity index is 2.56. The number of carbonyl (C=O) groups excluding carboxylic acids is 1. The van der Waals surface area contributed by atoms with Crippen molar-refractivity contribution in [3.05, 3.63) is 23.8 Å². The van der Waals surface area contributed by atoms with Crippen molar-refractivity contribution in [1.82, 2.24) is 0 Å². The molecular weight excluding hydrogens is 200 g/mol. The standard InChI is InChI=1S/C10H10OS2/c1-12-8-3-2-4-9-10(8)7(11)5-6-13-9/h2-4H,5-6H2,1H3. The number of benzene rings is 1. The van der Waals surface area contributed by atoms with Gasteiger partial charge in [-0.25, -0.2) is 0 Å². The summed E-state index contributed by atoms with van der Waals surface area (Å²) in [5, 5.41) is 0. The molecule has 13 heavy (non-hydrogen) atoms. The molecule has 0 N–H and O–H groups in total. The number of carbonyl (C=O) groups is 1. The molecule has 0 radical (unpaired) electrons. The molecule has 0 aliphatic carbocycles. The van der Waals surface area contributed by atoms with E-state index in [1.807, 2.05) is 24.5 Å². The fraction of sp³-hybridized carbons (Fsp3) is 0.300. The molecule has 1 aromatic rings. The highest BCUT2D eigenvalue weighted by Crippen LogP contribution is 2.35. The Morgan fingerprint density at radius 3 is 3.08 bits per heavy atom. The SMILES string of the molecule is CSc1cccc2c1C(=O)CCS2. The van der Waals surface area contributed by atoms with Gasteiger partial charge in [0, 0.05) is 27.5 Å². The van der Waals surface area contributed by atoms with Crippen LogP contribution in [0.25, 0.3) is 0 Å². The van der Waals surface area contributed by atoms with E-state index in [-0.39, 0.29) is 0 Å². The normalized spacial score (nSPS) is 15.6. The van der Waals surface area contributed by atoms with Crippen LogP contribution in [0.3, 0.4) is 0 Å². The first-order valence-corrected chi connectivity index (χ1v) is 6.37. The van der Waals surface area contributed by atoms with Crippen molar-refractivity contribution in [2.75, 3.05) is 12.0 Å². The van der Waals surface area contributed by atoms with Gasteiger partial charge in [0.1, 0.15) is 0 Å². The molecule has 1 aliphatic rings. The summed E-state index contributed by atoms with van der Waals surface area (Å²) in [6.45, 7) is 0. The maximum Gasteiger partial charge on any atom is 0.165 e. The van der Waals surface area contributed by atoms with Crippen LogP contribution >= 0.6 is 23.5 Å². The van der Waals surface area contributed by atoms with Crippen LogP contribution in [0.1, 0.15) is 16.8 Å². The number of rotatable bonds is 1. The maximum absolute atomic E-state index is 11.6. The van der Waals surface area contributed by atoms with E-state index in [9.17, 15) is 4.79 Å². The summed E-state index contributed by atoms with van der Waals surface area (Å²) in [4.78, 5) is 13.9. The Hall–Kier alpha value is -0.410. The molecule has 1 aromatic carbocycles. The Morgan fingerprint density at radius 2 is 2.31 bits per heavy atom. The average molecular weight is 210 g/mol. The lowest BCUT2D eigenvalue weighted by Gasteiger charge is -2.16. The third-order valence-corrected chi connectivity index (χ3v) is 3.91. The third kappa shape index (κ3) is 1.63. The van der Waals surface area contributed by atoms with Crippen molar-refractivity contribution in [3.8, 4) is 0 Å². The zero-order valence-electron chi connectivity index (χ0n) is 7.37. The summed E-state index contributed by atoms with van der Waals surface area (Å²) in [6, 6.07) is 6.08. The van der Waals surface area contributed by atoms with E-state index in [1.54, 1.807) is 23.5 Å². The molecule has 1 aliphatic heterocycles. The summed E-state index contributed by atoms with van der Waals surface area (Å²) in [5.41, 5.74) is 0.950. The van der Waals surface area contributed by atoms with E-state index in [0.717, 1.165) is 21.1 Å². The van der Waals surface area contributed by atoms with E-state index in [2.05, 4.69) is 0 Å². The molecule has 0 amide bonds. The van der Waals surface area contributed by atoms with Gasteiger partial charge in [-0.2, -0.15) is 0 Å². The predicted octanol–water partition coefficient (Wildman–Crippen LogP) is 3.09. The molecule has 0 atom stereocenters. The van der Waals surface area contributed by atoms with Gasteiger partial charge >= 0.3 is 0 Å². The summed E-state index contributed by atoms with van der Waals surface area (Å²) in [6.07, 6.45) is 2.71. The topological polar surface area (TPSA) is 17.1 Å². The molecule has 2 rings (SSSR count). The van der Waals surface area contributed by atoms with E-state index in [4.69, 9.17) is 0 Å². The molecule has 0 bridgehead atoms. The van der Waals surface area contributed by atoms with Crippen molar-refractivity contribution >= 4 is 29.3 Å². The van der Waals surface area contributed by atoms with Crippen LogP contribution in [0.4, 0.5) is 0 Å². The van der Waals surface area contributed by atoms with Gasteiger partial charge < -0.3 is 0 Å². The fourth-order valence-electron chi connectivity index (χ4n) is 1.45. The van der Waals surface area contributed by atoms with Crippen LogP contribution in [0.2, 0.25) is 0 Å². The Labute approximate surface area is 86.3 Å². The quantitative estimate of drug-likeness (QED) is 0.663. The first-order chi connectivity index (χ1) is 6.33. The van der Waals surface area contributed by atoms with Crippen LogP contribution in [-0.2, 0) is 0 Å². The number of hydrogen-bond donors (Lipinski definition) is 0. The second-order valence-electron chi connectivity index (χ2n) is 2.86. The predicted molar refractivity (Wildman–Crippen MR) is 57.9 cm³/mol. The summed E-state index contributed by atoms with van der Waals surface area (Å²) >= 11 is 3.44. The molecule has 3 heteroatoms. The molecule has 0 saturated carbocycles. The molecular formula is C10H10OS2. The lowest BCUT2D eigenvalue weighted by atomic mass is 10.1. The summed E-state index contributed by atoms with van der Waals surface area (Å²) in [7, 11) is 0. The Bertz CT molecular complexity index is 333. The largest absolute Gasteiger partial charge is 0.294 e. The summed E-state index contributed by atoms with van der Waals surface area (Å²) < 4.78 is 0. The molecule has 0 aromatic heterocycles. The molecule has 0 unspecified atom stereocenters. The van der Waals surface area contributed by atoms with Gasteiger partial charge in [0.15, 0.2) is 5.78 Å². The molecule has 0 spiro atoms. The number of Topliss-reactive ketones (excluding diaryl/α,β-unsaturated/α-hetero) is 1. The van der Waals surface area contributed by atoms with Gasteiger partial charge in [-0.05, 0) is 18.4 Å². The molecule has 0 fully saturated rings. The molecule has 1 nitrogen and oxygen atoms in total. The van der Waals surface area contributed by atoms with Gasteiger partial charge in [0.05, 0.1) is 0 Å². The zero-order valence-corrected chi connectivity index (χ0v) is 9.00. The van der Waals surface area contributed by atoms with Crippen LogP contribution in [0.15, 0.2) is 28.0 Å². The van der Waals surface area contributed by atoms with Crippen LogP contribution in [0.5, 0.6) is 0 Å². The minimum absolute atomic E-state index is 0.304. The van der Waals surface area contributed by atoms with Crippen LogP contribution < -0.4 is 0 Å². The second kappa shape index (κ2) is 3.76. The first-order valence-electron chi connectivity index (χ1n) is 4.16. The summed E-state index contributed by atoms with van der Waals surface area (Å²) in [5.74, 6) is 1.24. The highest BCUT2D eigenvalue weighted by Gasteiger charge is 2.20. The van der Waals surface area contributed by atoms with Crippen molar-refractivity contribution in [1.29, 1.82) is 0 Å². The smallest absolute Gasteiger partial charge is 0.165 e. The number of ketones is 1. The highest BCUT2D eigenvalue weighted by atomic mass is 32.2. The third-order valence-electron chi connectivity index (χ3n) is 2.07. The zero-order chi connectivity index (χ0) is 9.26. The van der Waals surface area contributed by atoms with Crippen LogP contribution in [0, 0.1) is 0 Å². The van der Waals surface area contributed by atoms with Crippen molar-refractivity contribution in [3.63, 3.8) is 0 Å². The van der Waals surface area contributed by atoms with Crippen LogP contribution in [-0.4, -0.2) is 17.8 Å². The number of thioether (sulfide) groups is 2. The van der Waals surface area contributed by atoms with E-state index in [0.29, 0.717) is 12.2 Å². The number of hydrogen-bond acceptors (Lipinski definition) is 3. The second-order valence-corrected chi connectivity index (χ2v) is 4.84. The van der Waals surface area contributed by atoms with Gasteiger partial charge in [-0.1, -0.05) is 6.07 Å². The monoisotopic (exact) mass is 210 g/mol. The molecule has 68 valence electrons. The lowest BCUT2D eigenvalue weighted by molar-refractivity contribution is 0.0982. The lowest BCUT2D eigenvalue weighted by Crippen LogP contribution is -2.09. The fourth-order valence-corrected chi connectivity index (χ4v) is 3.21. The van der Waals surface area contributed by atoms with Crippen molar-refractivity contribution in [2.24, 2.45) is 0 Å². The van der Waals surface area contributed by atoms with E-state index < -0.39 is 0 Å². The van der Waals surface area contributed by atoms with Gasteiger partial charge in [-0.15, -0.1) is 23.5 Å². The molecule has 1 heterocycles. The van der Waals surface area contributed by atoms with Crippen molar-refractivity contribution < 1.29 is 4.79 Å². The average Bonchev–Trinajstić information content (AvgIpc) is 2.17. The highest BCUT2D eigenvalue weighted by molar-refractivity contribution is 8.00. The Kier molecular flexibility index (Phi) is 2.65. The van der Waals surface area contributed by atoms with E-state index in [1.165, 1.54) is 0 Å². The molecule has 0 saturated heterocycles. The Morgan fingerprint density at radius 1 is 1.46 bits per heavy atom. The van der Waals surface area contributed by atoms with Gasteiger partial charge in [-0.3, -0.25) is 4.79 Å². The van der Waals surface area contributed by atoms with Gasteiger partial charge in [0.25, 0.3) is 0 Å². The van der Waals surface area contributed by atoms with E-state index >= 15 is 0 Å². The van der Waals surface area contributed by atoms with Gasteiger partial charge in [0.2, 0.25) is 0 Å².